The van der Waals surface area contributed by atoms with Crippen molar-refractivity contribution in [3.8, 4) is 0 Å². The molecule has 7 heteroatoms. The monoisotopic (exact) mass is 298 g/mol. The zero-order valence-corrected chi connectivity index (χ0v) is 11.8. The predicted molar refractivity (Wildman–Crippen MR) is 74.2 cm³/mol. The molecule has 1 saturated heterocycles. The molecular weight excluding hydrogens is 284 g/mol. The number of benzene rings is 1. The minimum atomic E-state index is -0.456. The largest absolute Gasteiger partial charge is 0.373 e. The van der Waals surface area contributed by atoms with E-state index in [0.29, 0.717) is 36.7 Å². The van der Waals surface area contributed by atoms with E-state index in [9.17, 15) is 14.9 Å². The van der Waals surface area contributed by atoms with E-state index < -0.39 is 4.92 Å². The zero-order chi connectivity index (χ0) is 14.7. The summed E-state index contributed by atoms with van der Waals surface area (Å²) in [5.74, 6) is 0.185. The molecule has 1 aromatic carbocycles. The first-order chi connectivity index (χ1) is 9.52. The van der Waals surface area contributed by atoms with Crippen LogP contribution in [0.2, 0.25) is 0 Å². The average molecular weight is 299 g/mol. The van der Waals surface area contributed by atoms with Crippen molar-refractivity contribution in [2.24, 2.45) is 0 Å². The van der Waals surface area contributed by atoms with Crippen molar-refractivity contribution in [3.05, 3.63) is 39.4 Å². The van der Waals surface area contributed by atoms with Gasteiger partial charge in [-0.05, 0) is 19.1 Å². The average Bonchev–Trinajstić information content (AvgIpc) is 2.46. The summed E-state index contributed by atoms with van der Waals surface area (Å²) in [7, 11) is 0. The van der Waals surface area contributed by atoms with E-state index in [1.165, 1.54) is 12.1 Å². The third-order valence-electron chi connectivity index (χ3n) is 3.24. The maximum Gasteiger partial charge on any atom is 0.272 e. The molecule has 0 spiro atoms. The number of morpholine rings is 1. The van der Waals surface area contributed by atoms with Gasteiger partial charge in [-0.25, -0.2) is 0 Å². The van der Waals surface area contributed by atoms with E-state index >= 15 is 0 Å². The summed E-state index contributed by atoms with van der Waals surface area (Å²) in [5, 5.41) is 10.8. The molecule has 1 heterocycles. The number of amides is 1. The molecule has 2 rings (SSSR count). The summed E-state index contributed by atoms with van der Waals surface area (Å²) in [4.78, 5) is 24.3. The van der Waals surface area contributed by atoms with Crippen molar-refractivity contribution in [3.63, 3.8) is 0 Å². The van der Waals surface area contributed by atoms with Crippen LogP contribution in [0.5, 0.6) is 0 Å². The highest BCUT2D eigenvalue weighted by Gasteiger charge is 2.25. The Hall–Kier alpha value is -1.66. The lowest BCUT2D eigenvalue weighted by molar-refractivity contribution is -0.385. The van der Waals surface area contributed by atoms with Gasteiger partial charge in [-0.1, -0.05) is 0 Å². The Morgan fingerprint density at radius 3 is 2.95 bits per heavy atom. The summed E-state index contributed by atoms with van der Waals surface area (Å²) in [6.07, 6.45) is -0.159. The van der Waals surface area contributed by atoms with Gasteiger partial charge in [-0.15, -0.1) is 11.6 Å². The molecule has 1 unspecified atom stereocenters. The van der Waals surface area contributed by atoms with Crippen molar-refractivity contribution in [1.82, 2.24) is 4.90 Å². The molecule has 1 aliphatic rings. The highest BCUT2D eigenvalue weighted by atomic mass is 35.5. The number of nitrogens with zero attached hydrogens (tertiary/aromatic N) is 2. The Bertz CT molecular complexity index is 535. The Labute approximate surface area is 121 Å². The Morgan fingerprint density at radius 2 is 2.35 bits per heavy atom. The quantitative estimate of drug-likeness (QED) is 0.486. The number of hydrogen-bond acceptors (Lipinski definition) is 4. The van der Waals surface area contributed by atoms with E-state index in [-0.39, 0.29) is 17.7 Å². The zero-order valence-electron chi connectivity index (χ0n) is 11.0. The Morgan fingerprint density at radius 1 is 1.60 bits per heavy atom. The van der Waals surface area contributed by atoms with E-state index in [1.807, 2.05) is 0 Å². The number of aryl methyl sites for hydroxylation is 1. The first-order valence-corrected chi connectivity index (χ1v) is 6.78. The molecule has 1 fully saturated rings. The highest BCUT2D eigenvalue weighted by Crippen LogP contribution is 2.20. The van der Waals surface area contributed by atoms with Crippen molar-refractivity contribution in [2.75, 3.05) is 25.6 Å². The van der Waals surface area contributed by atoms with Crippen LogP contribution in [-0.4, -0.2) is 47.4 Å². The SMILES string of the molecule is Cc1cc(C(=O)N2CCOC(CCl)C2)ccc1[N+](=O)[O-]. The normalized spacial score (nSPS) is 18.9. The lowest BCUT2D eigenvalue weighted by Crippen LogP contribution is -2.46. The van der Waals surface area contributed by atoms with Crippen molar-refractivity contribution in [2.45, 2.75) is 13.0 Å². The lowest BCUT2D eigenvalue weighted by atomic mass is 10.1. The Kier molecular flexibility index (Phi) is 4.57. The molecule has 108 valence electrons. The summed E-state index contributed by atoms with van der Waals surface area (Å²) in [6.45, 7) is 3.02. The molecular formula is C13H15ClN2O4. The third kappa shape index (κ3) is 3.08. The molecule has 0 bridgehead atoms. The second kappa shape index (κ2) is 6.19. The van der Waals surface area contributed by atoms with Gasteiger partial charge in [-0.2, -0.15) is 0 Å². The number of nitro benzene ring substituents is 1. The van der Waals surface area contributed by atoms with Crippen LogP contribution < -0.4 is 0 Å². The fourth-order valence-electron chi connectivity index (χ4n) is 2.17. The van der Waals surface area contributed by atoms with Gasteiger partial charge in [-0.3, -0.25) is 14.9 Å². The molecule has 20 heavy (non-hydrogen) atoms. The van der Waals surface area contributed by atoms with Crippen LogP contribution in [0, 0.1) is 17.0 Å². The number of hydrogen-bond donors (Lipinski definition) is 0. The van der Waals surface area contributed by atoms with E-state index in [1.54, 1.807) is 17.9 Å². The van der Waals surface area contributed by atoms with Gasteiger partial charge in [0.15, 0.2) is 0 Å². The maximum absolute atomic E-state index is 12.4. The van der Waals surface area contributed by atoms with Crippen molar-refractivity contribution >= 4 is 23.2 Å². The second-order valence-corrected chi connectivity index (χ2v) is 4.97. The van der Waals surface area contributed by atoms with Gasteiger partial charge in [0, 0.05) is 30.3 Å². The highest BCUT2D eigenvalue weighted by molar-refractivity contribution is 6.18. The third-order valence-corrected chi connectivity index (χ3v) is 3.58. The van der Waals surface area contributed by atoms with Gasteiger partial charge in [0.1, 0.15) is 0 Å². The molecule has 1 aliphatic heterocycles. The molecule has 0 N–H and O–H groups in total. The fraction of sp³-hybridized carbons (Fsp3) is 0.462. The molecule has 1 atom stereocenters. The number of ether oxygens (including phenoxy) is 1. The van der Waals surface area contributed by atoms with Crippen LogP contribution in [0.4, 0.5) is 5.69 Å². The molecule has 0 aromatic heterocycles. The number of rotatable bonds is 3. The summed E-state index contributed by atoms with van der Waals surface area (Å²) in [6, 6.07) is 4.40. The summed E-state index contributed by atoms with van der Waals surface area (Å²) < 4.78 is 5.40. The maximum atomic E-state index is 12.4. The van der Waals surface area contributed by atoms with Crippen LogP contribution in [-0.2, 0) is 4.74 Å². The van der Waals surface area contributed by atoms with Gasteiger partial charge >= 0.3 is 0 Å². The topological polar surface area (TPSA) is 72.7 Å². The smallest absolute Gasteiger partial charge is 0.272 e. The lowest BCUT2D eigenvalue weighted by Gasteiger charge is -2.32. The number of carbonyl (C=O) groups excluding carboxylic acids is 1. The van der Waals surface area contributed by atoms with Crippen LogP contribution in [0.25, 0.3) is 0 Å². The number of carbonyl (C=O) groups is 1. The fourth-order valence-corrected chi connectivity index (χ4v) is 2.36. The van der Waals surface area contributed by atoms with Gasteiger partial charge in [0.05, 0.1) is 23.5 Å². The molecule has 0 saturated carbocycles. The van der Waals surface area contributed by atoms with Crippen molar-refractivity contribution < 1.29 is 14.5 Å². The van der Waals surface area contributed by atoms with Gasteiger partial charge in [0.25, 0.3) is 11.6 Å². The number of halogens is 1. The van der Waals surface area contributed by atoms with Crippen LogP contribution in [0.3, 0.4) is 0 Å². The van der Waals surface area contributed by atoms with Gasteiger partial charge in [0.2, 0.25) is 0 Å². The molecule has 1 aromatic rings. The predicted octanol–water partition coefficient (Wildman–Crippen LogP) is 1.98. The molecule has 6 nitrogen and oxygen atoms in total. The standard InChI is InChI=1S/C13H15ClN2O4/c1-9-6-10(2-3-12(9)16(18)19)13(17)15-4-5-20-11(7-14)8-15/h2-3,6,11H,4-5,7-8H2,1H3. The number of nitro groups is 1. The molecule has 0 aliphatic carbocycles. The minimum Gasteiger partial charge on any atom is -0.373 e. The van der Waals surface area contributed by atoms with Crippen LogP contribution in [0.15, 0.2) is 18.2 Å². The molecule has 1 amide bonds. The summed E-state index contributed by atoms with van der Waals surface area (Å²) in [5.41, 5.74) is 0.938. The van der Waals surface area contributed by atoms with Gasteiger partial charge < -0.3 is 9.64 Å². The number of alkyl halides is 1. The van der Waals surface area contributed by atoms with E-state index in [4.69, 9.17) is 16.3 Å². The first kappa shape index (κ1) is 14.7. The Balaban J connectivity index is 2.17. The van der Waals surface area contributed by atoms with E-state index in [2.05, 4.69) is 0 Å². The van der Waals surface area contributed by atoms with Crippen LogP contribution >= 0.6 is 11.6 Å². The summed E-state index contributed by atoms with van der Waals surface area (Å²) >= 11 is 5.74. The van der Waals surface area contributed by atoms with Crippen molar-refractivity contribution in [1.29, 1.82) is 0 Å². The van der Waals surface area contributed by atoms with E-state index in [0.717, 1.165) is 0 Å². The molecule has 0 radical (unpaired) electrons. The second-order valence-electron chi connectivity index (χ2n) is 4.66. The first-order valence-electron chi connectivity index (χ1n) is 6.25. The van der Waals surface area contributed by atoms with Crippen LogP contribution in [0.1, 0.15) is 15.9 Å². The minimum absolute atomic E-state index is 0.0159.